The van der Waals surface area contributed by atoms with Crippen LogP contribution in [0.1, 0.15) is 49.9 Å². The predicted octanol–water partition coefficient (Wildman–Crippen LogP) is 1.19. The van der Waals surface area contributed by atoms with E-state index in [2.05, 4.69) is 10.3 Å². The van der Waals surface area contributed by atoms with E-state index in [9.17, 15) is 9.59 Å². The van der Waals surface area contributed by atoms with E-state index in [-0.39, 0.29) is 18.2 Å². The number of hydrogen-bond donors (Lipinski definition) is 0. The second kappa shape index (κ2) is 7.02. The molecule has 0 bridgehead atoms. The summed E-state index contributed by atoms with van der Waals surface area (Å²) >= 11 is 0. The molecule has 0 radical (unpaired) electrons. The Morgan fingerprint density at radius 2 is 1.90 bits per heavy atom. The summed E-state index contributed by atoms with van der Waals surface area (Å²) in [5.41, 5.74) is 0.697. The van der Waals surface area contributed by atoms with Crippen LogP contribution < -0.4 is 0 Å². The molecule has 1 aromatic rings. The number of carbonyl (C=O) groups is 2. The number of carbonyl (C=O) groups excluding carboxylic acids is 2. The van der Waals surface area contributed by atoms with E-state index >= 15 is 0 Å². The Bertz CT molecular complexity index is 480. The molecule has 0 aliphatic heterocycles. The van der Waals surface area contributed by atoms with Crippen LogP contribution in [0, 0.1) is 6.92 Å². The topological polar surface area (TPSA) is 77.3 Å². The molecule has 0 spiro atoms. The molecular formula is C13H22N4O3. The molecule has 112 valence electrons. The van der Waals surface area contributed by atoms with Crippen molar-refractivity contribution in [3.8, 4) is 0 Å². The Balaban J connectivity index is 2.98. The van der Waals surface area contributed by atoms with E-state index in [4.69, 9.17) is 4.74 Å². The molecule has 0 aliphatic carbocycles. The Morgan fingerprint density at radius 1 is 1.30 bits per heavy atom. The molecule has 0 N–H and O–H groups in total. The minimum absolute atomic E-state index is 0.0431. The third-order valence-corrected chi connectivity index (χ3v) is 3.20. The summed E-state index contributed by atoms with van der Waals surface area (Å²) < 4.78 is 6.37. The monoisotopic (exact) mass is 282 g/mol. The summed E-state index contributed by atoms with van der Waals surface area (Å²) in [6.07, 6.45) is 0. The maximum Gasteiger partial charge on any atom is 0.360 e. The number of rotatable bonds is 6. The van der Waals surface area contributed by atoms with Crippen molar-refractivity contribution in [2.45, 2.75) is 40.7 Å². The zero-order chi connectivity index (χ0) is 15.3. The van der Waals surface area contributed by atoms with Gasteiger partial charge in [-0.2, -0.15) is 0 Å². The van der Waals surface area contributed by atoms with Gasteiger partial charge < -0.3 is 9.64 Å². The Labute approximate surface area is 118 Å². The molecule has 1 amide bonds. The highest BCUT2D eigenvalue weighted by atomic mass is 16.5. The lowest BCUT2D eigenvalue weighted by molar-refractivity contribution is -0.134. The minimum Gasteiger partial charge on any atom is -0.461 e. The number of ether oxygens (including phenoxy) is 1. The van der Waals surface area contributed by atoms with Gasteiger partial charge in [0.2, 0.25) is 5.91 Å². The third-order valence-electron chi connectivity index (χ3n) is 3.20. The van der Waals surface area contributed by atoms with Crippen LogP contribution in [0.2, 0.25) is 0 Å². The molecule has 1 rings (SSSR count). The second-order valence-corrected chi connectivity index (χ2v) is 4.38. The van der Waals surface area contributed by atoms with Crippen molar-refractivity contribution < 1.29 is 14.3 Å². The molecule has 0 aromatic carbocycles. The van der Waals surface area contributed by atoms with Crippen molar-refractivity contribution in [3.05, 3.63) is 11.4 Å². The zero-order valence-corrected chi connectivity index (χ0v) is 12.7. The summed E-state index contributed by atoms with van der Waals surface area (Å²) in [4.78, 5) is 25.7. The van der Waals surface area contributed by atoms with Gasteiger partial charge in [0.1, 0.15) is 6.04 Å². The molecule has 1 atom stereocenters. The van der Waals surface area contributed by atoms with Crippen LogP contribution >= 0.6 is 0 Å². The highest BCUT2D eigenvalue weighted by Crippen LogP contribution is 2.14. The predicted molar refractivity (Wildman–Crippen MR) is 73.4 cm³/mol. The van der Waals surface area contributed by atoms with E-state index in [1.165, 1.54) is 4.68 Å². The van der Waals surface area contributed by atoms with Crippen LogP contribution in [0.25, 0.3) is 0 Å². The van der Waals surface area contributed by atoms with Crippen LogP contribution in [0.15, 0.2) is 0 Å². The van der Waals surface area contributed by atoms with Gasteiger partial charge in [-0.25, -0.2) is 9.48 Å². The lowest BCUT2D eigenvalue weighted by Gasteiger charge is -2.23. The molecule has 7 heteroatoms. The van der Waals surface area contributed by atoms with Crippen molar-refractivity contribution >= 4 is 11.9 Å². The minimum atomic E-state index is -0.515. The fourth-order valence-electron chi connectivity index (χ4n) is 2.00. The van der Waals surface area contributed by atoms with E-state index in [1.54, 1.807) is 25.7 Å². The highest BCUT2D eigenvalue weighted by molar-refractivity contribution is 5.88. The fourth-order valence-corrected chi connectivity index (χ4v) is 2.00. The Hall–Kier alpha value is -1.92. The van der Waals surface area contributed by atoms with Crippen molar-refractivity contribution in [2.75, 3.05) is 19.7 Å². The number of hydrogen-bond acceptors (Lipinski definition) is 5. The number of amides is 1. The van der Waals surface area contributed by atoms with Gasteiger partial charge in [-0.05, 0) is 34.6 Å². The van der Waals surface area contributed by atoms with Crippen LogP contribution in [0.5, 0.6) is 0 Å². The van der Waals surface area contributed by atoms with Gasteiger partial charge in [-0.1, -0.05) is 5.21 Å². The summed E-state index contributed by atoms with van der Waals surface area (Å²) in [7, 11) is 0. The average molecular weight is 282 g/mol. The first-order chi connectivity index (χ1) is 9.47. The van der Waals surface area contributed by atoms with Crippen LogP contribution in [-0.2, 0) is 9.53 Å². The number of nitrogens with zero attached hydrogens (tertiary/aromatic N) is 4. The largest absolute Gasteiger partial charge is 0.461 e. The lowest BCUT2D eigenvalue weighted by Crippen LogP contribution is -2.36. The first kappa shape index (κ1) is 16.1. The zero-order valence-electron chi connectivity index (χ0n) is 12.7. The molecule has 0 aliphatic rings. The Kier molecular flexibility index (Phi) is 5.66. The molecule has 20 heavy (non-hydrogen) atoms. The van der Waals surface area contributed by atoms with Crippen LogP contribution in [-0.4, -0.2) is 51.5 Å². The summed E-state index contributed by atoms with van der Waals surface area (Å²) in [5.74, 6) is -0.558. The van der Waals surface area contributed by atoms with Crippen molar-refractivity contribution in [1.29, 1.82) is 0 Å². The molecule has 1 aromatic heterocycles. The normalized spacial score (nSPS) is 12.1. The SMILES string of the molecule is CCOC(=O)c1nnn(C(C)C(=O)N(CC)CC)c1C. The quantitative estimate of drug-likeness (QED) is 0.732. The molecule has 1 heterocycles. The van der Waals surface area contributed by atoms with Gasteiger partial charge in [0.25, 0.3) is 0 Å². The maximum absolute atomic E-state index is 12.3. The smallest absolute Gasteiger partial charge is 0.360 e. The van der Waals surface area contributed by atoms with Gasteiger partial charge in [0.15, 0.2) is 5.69 Å². The first-order valence-electron chi connectivity index (χ1n) is 6.85. The van der Waals surface area contributed by atoms with Gasteiger partial charge in [0, 0.05) is 13.1 Å². The van der Waals surface area contributed by atoms with Gasteiger partial charge in [0.05, 0.1) is 12.3 Å². The Morgan fingerprint density at radius 3 is 2.40 bits per heavy atom. The lowest BCUT2D eigenvalue weighted by atomic mass is 10.2. The van der Waals surface area contributed by atoms with Crippen molar-refractivity contribution in [3.63, 3.8) is 0 Å². The second-order valence-electron chi connectivity index (χ2n) is 4.38. The van der Waals surface area contributed by atoms with E-state index in [0.717, 1.165) is 0 Å². The standard InChI is InChI=1S/C13H22N4O3/c1-6-16(7-2)12(18)10(5)17-9(4)11(14-15-17)13(19)20-8-3/h10H,6-8H2,1-5H3. The van der Waals surface area contributed by atoms with Gasteiger partial charge in [-0.3, -0.25) is 4.79 Å². The number of esters is 1. The summed E-state index contributed by atoms with van der Waals surface area (Å²) in [6.45, 7) is 10.6. The molecule has 0 saturated carbocycles. The van der Waals surface area contributed by atoms with Gasteiger partial charge >= 0.3 is 5.97 Å². The van der Waals surface area contributed by atoms with Crippen LogP contribution in [0.4, 0.5) is 0 Å². The first-order valence-corrected chi connectivity index (χ1v) is 6.85. The number of aromatic nitrogens is 3. The molecule has 1 unspecified atom stereocenters. The fraction of sp³-hybridized carbons (Fsp3) is 0.692. The van der Waals surface area contributed by atoms with Crippen molar-refractivity contribution in [1.82, 2.24) is 19.9 Å². The van der Waals surface area contributed by atoms with E-state index in [1.807, 2.05) is 13.8 Å². The molecule has 0 fully saturated rings. The van der Waals surface area contributed by atoms with Crippen LogP contribution in [0.3, 0.4) is 0 Å². The molecule has 0 saturated heterocycles. The highest BCUT2D eigenvalue weighted by Gasteiger charge is 2.25. The van der Waals surface area contributed by atoms with E-state index in [0.29, 0.717) is 18.8 Å². The summed E-state index contributed by atoms with van der Waals surface area (Å²) in [5, 5.41) is 7.73. The van der Waals surface area contributed by atoms with Gasteiger partial charge in [-0.15, -0.1) is 5.10 Å². The van der Waals surface area contributed by atoms with Crippen molar-refractivity contribution in [2.24, 2.45) is 0 Å². The summed E-state index contributed by atoms with van der Waals surface area (Å²) in [6, 6.07) is -0.495. The van der Waals surface area contributed by atoms with E-state index < -0.39 is 12.0 Å². The molecule has 7 nitrogen and oxygen atoms in total. The number of likely N-dealkylation sites (N-methyl/N-ethyl adjacent to an activating group) is 1. The maximum atomic E-state index is 12.3. The molecular weight excluding hydrogens is 260 g/mol. The third kappa shape index (κ3) is 3.15. The average Bonchev–Trinajstić information content (AvgIpc) is 2.81.